The minimum absolute atomic E-state index is 0.121. The molecule has 4 nitrogen and oxygen atoms in total. The molecular formula is C44H33N3O. The van der Waals surface area contributed by atoms with Crippen LogP contribution >= 0.6 is 0 Å². The molecule has 1 aromatic heterocycles. The molecule has 0 saturated heterocycles. The van der Waals surface area contributed by atoms with Crippen molar-refractivity contribution < 1.29 is 4.42 Å². The maximum absolute atomic E-state index is 7.01. The summed E-state index contributed by atoms with van der Waals surface area (Å²) in [7, 11) is 0. The van der Waals surface area contributed by atoms with Crippen molar-refractivity contribution in [2.24, 2.45) is 5.73 Å². The molecule has 4 N–H and O–H groups in total. The van der Waals surface area contributed by atoms with Crippen LogP contribution in [0.15, 0.2) is 168 Å². The number of amidine groups is 1. The lowest BCUT2D eigenvalue weighted by Gasteiger charge is -2.13. The predicted octanol–water partition coefficient (Wildman–Crippen LogP) is 11.3. The zero-order valence-electron chi connectivity index (χ0n) is 26.3. The molecule has 0 aliphatic rings. The number of anilines is 1. The molecule has 0 bridgehead atoms. The summed E-state index contributed by atoms with van der Waals surface area (Å²) < 4.78 is 6.51. The fraction of sp³-hybridized carbons (Fsp3) is 0.0227. The highest BCUT2D eigenvalue weighted by Crippen LogP contribution is 2.42. The summed E-state index contributed by atoms with van der Waals surface area (Å²) in [5.41, 5.74) is 12.7. The Kier molecular flexibility index (Phi) is 7.52. The van der Waals surface area contributed by atoms with Gasteiger partial charge in [-0.15, -0.1) is 0 Å². The Morgan fingerprint density at radius 1 is 0.521 bits per heavy atom. The number of nitrogens with two attached hydrogens (primary N) is 1. The largest absolute Gasteiger partial charge is 0.455 e. The van der Waals surface area contributed by atoms with Crippen molar-refractivity contribution in [3.63, 3.8) is 0 Å². The van der Waals surface area contributed by atoms with E-state index in [1.807, 2.05) is 42.5 Å². The number of furan rings is 1. The van der Waals surface area contributed by atoms with Crippen LogP contribution in [0.3, 0.4) is 0 Å². The minimum atomic E-state index is 0.121. The van der Waals surface area contributed by atoms with Crippen LogP contribution in [0.25, 0.3) is 65.4 Å². The first kappa shape index (κ1) is 29.0. The second-order valence-corrected chi connectivity index (χ2v) is 12.0. The van der Waals surface area contributed by atoms with Crippen LogP contribution in [-0.2, 0) is 6.54 Å². The highest BCUT2D eigenvalue weighted by atomic mass is 16.3. The van der Waals surface area contributed by atoms with Gasteiger partial charge in [0.1, 0.15) is 17.0 Å². The highest BCUT2D eigenvalue weighted by Gasteiger charge is 2.16. The number of hydrogen-bond acceptors (Lipinski definition) is 3. The third-order valence-corrected chi connectivity index (χ3v) is 8.96. The number of benzene rings is 8. The number of nitrogens with one attached hydrogen (secondary N) is 2. The van der Waals surface area contributed by atoms with E-state index in [0.29, 0.717) is 0 Å². The van der Waals surface area contributed by atoms with Gasteiger partial charge < -0.3 is 15.5 Å². The average molecular weight is 620 g/mol. The Morgan fingerprint density at radius 2 is 1.12 bits per heavy atom. The molecule has 0 atom stereocenters. The maximum Gasteiger partial charge on any atom is 0.143 e. The summed E-state index contributed by atoms with van der Waals surface area (Å²) in [5.74, 6) is 0.121. The first-order valence-corrected chi connectivity index (χ1v) is 16.1. The average Bonchev–Trinajstić information content (AvgIpc) is 3.54. The van der Waals surface area contributed by atoms with Gasteiger partial charge in [-0.05, 0) is 80.0 Å². The first-order valence-electron chi connectivity index (χ1n) is 16.1. The van der Waals surface area contributed by atoms with E-state index in [2.05, 4.69) is 127 Å². The summed E-state index contributed by atoms with van der Waals surface area (Å²) in [6, 6.07) is 56.8. The maximum atomic E-state index is 7.01. The van der Waals surface area contributed by atoms with Crippen LogP contribution in [0, 0.1) is 5.41 Å². The van der Waals surface area contributed by atoms with Crippen LogP contribution in [0.5, 0.6) is 0 Å². The van der Waals surface area contributed by atoms with Crippen LogP contribution in [-0.4, -0.2) is 5.84 Å². The molecule has 0 fully saturated rings. The fourth-order valence-corrected chi connectivity index (χ4v) is 6.64. The monoisotopic (exact) mass is 619 g/mol. The molecule has 0 saturated carbocycles. The molecular weight excluding hydrogens is 587 g/mol. The lowest BCUT2D eigenvalue weighted by atomic mass is 9.91. The number of rotatable bonds is 5. The second-order valence-electron chi connectivity index (χ2n) is 12.0. The number of nitrogen functional groups attached to an aromatic ring is 1. The van der Waals surface area contributed by atoms with E-state index in [4.69, 9.17) is 15.6 Å². The molecule has 4 heteroatoms. The van der Waals surface area contributed by atoms with Crippen molar-refractivity contribution in [1.82, 2.24) is 0 Å². The van der Waals surface area contributed by atoms with Gasteiger partial charge in [0.2, 0.25) is 0 Å². The Hall–Kier alpha value is -6.39. The standard InChI is InChI=1S/C37H25NO.C7H8N2/c1-2-11-27(12-3-1)38-23-24-9-8-10-25(21-24)26-17-18-32-34(22-26)29-14-5-4-13-28(29)31-19-20-33-30-15-6-7-16-35(30)39-37(33)36(31)32;8-7(9)6-4-2-1-3-5-6/h1-22,38H,23H2;1-5H,(H3,8,9). The Balaban J connectivity index is 0.000000326. The van der Waals surface area contributed by atoms with Gasteiger partial charge in [0.25, 0.3) is 0 Å². The molecule has 0 amide bonds. The van der Waals surface area contributed by atoms with E-state index in [-0.39, 0.29) is 5.84 Å². The van der Waals surface area contributed by atoms with Crippen molar-refractivity contribution >= 4 is 65.8 Å². The Labute approximate surface area is 278 Å². The normalized spacial score (nSPS) is 11.2. The summed E-state index contributed by atoms with van der Waals surface area (Å²) >= 11 is 0. The molecule has 0 unspecified atom stereocenters. The zero-order valence-corrected chi connectivity index (χ0v) is 26.3. The minimum Gasteiger partial charge on any atom is -0.455 e. The fourth-order valence-electron chi connectivity index (χ4n) is 6.64. The van der Waals surface area contributed by atoms with Crippen molar-refractivity contribution in [2.75, 3.05) is 5.32 Å². The molecule has 0 spiro atoms. The zero-order chi connectivity index (χ0) is 32.5. The van der Waals surface area contributed by atoms with Crippen LogP contribution in [0.4, 0.5) is 5.69 Å². The van der Waals surface area contributed by atoms with Gasteiger partial charge in [-0.2, -0.15) is 0 Å². The molecule has 9 rings (SSSR count). The molecule has 0 aliphatic carbocycles. The van der Waals surface area contributed by atoms with Gasteiger partial charge in [-0.25, -0.2) is 0 Å². The van der Waals surface area contributed by atoms with Crippen molar-refractivity contribution in [3.05, 3.63) is 175 Å². The lowest BCUT2D eigenvalue weighted by Crippen LogP contribution is -2.10. The highest BCUT2D eigenvalue weighted by molar-refractivity contribution is 6.32. The summed E-state index contributed by atoms with van der Waals surface area (Å²) in [6.07, 6.45) is 0. The number of fused-ring (bicyclic) bond motifs is 10. The Bertz CT molecular complexity index is 2590. The summed E-state index contributed by atoms with van der Waals surface area (Å²) in [5, 5.41) is 20.3. The lowest BCUT2D eigenvalue weighted by molar-refractivity contribution is 0.673. The van der Waals surface area contributed by atoms with Gasteiger partial charge in [-0.3, -0.25) is 5.41 Å². The quantitative estimate of drug-likeness (QED) is 0.102. The molecule has 1 heterocycles. The SMILES string of the molecule is N=C(N)c1ccccc1.c1ccc(NCc2cccc(-c3ccc4c(c3)c3ccccc3c3ccc5c6ccccc6oc5c34)c2)cc1. The van der Waals surface area contributed by atoms with Crippen molar-refractivity contribution in [3.8, 4) is 11.1 Å². The van der Waals surface area contributed by atoms with Gasteiger partial charge in [0, 0.05) is 34.0 Å². The van der Waals surface area contributed by atoms with E-state index in [9.17, 15) is 0 Å². The van der Waals surface area contributed by atoms with Gasteiger partial charge in [0.05, 0.1) is 0 Å². The number of hydrogen-bond donors (Lipinski definition) is 3. The van der Waals surface area contributed by atoms with E-state index in [1.54, 1.807) is 0 Å². The van der Waals surface area contributed by atoms with Crippen molar-refractivity contribution in [2.45, 2.75) is 6.54 Å². The van der Waals surface area contributed by atoms with Crippen LogP contribution in [0.2, 0.25) is 0 Å². The van der Waals surface area contributed by atoms with E-state index >= 15 is 0 Å². The van der Waals surface area contributed by atoms with E-state index in [1.165, 1.54) is 49.0 Å². The van der Waals surface area contributed by atoms with Gasteiger partial charge in [0.15, 0.2) is 0 Å². The second kappa shape index (κ2) is 12.4. The predicted molar refractivity (Wildman–Crippen MR) is 203 cm³/mol. The van der Waals surface area contributed by atoms with E-state index in [0.717, 1.165) is 39.7 Å². The van der Waals surface area contributed by atoms with Gasteiger partial charge in [-0.1, -0.05) is 127 Å². The third kappa shape index (κ3) is 5.40. The van der Waals surface area contributed by atoms with Crippen molar-refractivity contribution in [1.29, 1.82) is 5.41 Å². The smallest absolute Gasteiger partial charge is 0.143 e. The molecule has 0 radical (unpaired) electrons. The topological polar surface area (TPSA) is 75.0 Å². The first-order chi connectivity index (χ1) is 23.6. The summed E-state index contributed by atoms with van der Waals surface area (Å²) in [4.78, 5) is 0. The van der Waals surface area contributed by atoms with E-state index < -0.39 is 0 Å². The van der Waals surface area contributed by atoms with Crippen LogP contribution < -0.4 is 11.1 Å². The third-order valence-electron chi connectivity index (χ3n) is 8.96. The molecule has 8 aromatic carbocycles. The number of para-hydroxylation sites is 2. The summed E-state index contributed by atoms with van der Waals surface area (Å²) in [6.45, 7) is 0.781. The molecule has 230 valence electrons. The molecule has 48 heavy (non-hydrogen) atoms. The molecule has 9 aromatic rings. The Morgan fingerprint density at radius 3 is 1.88 bits per heavy atom. The van der Waals surface area contributed by atoms with Gasteiger partial charge >= 0.3 is 0 Å². The molecule has 0 aliphatic heterocycles. The van der Waals surface area contributed by atoms with Crippen LogP contribution in [0.1, 0.15) is 11.1 Å².